The van der Waals surface area contributed by atoms with Gasteiger partial charge in [-0.05, 0) is 42.3 Å². The van der Waals surface area contributed by atoms with Gasteiger partial charge in [-0.15, -0.1) is 0 Å². The Hall–Kier alpha value is -2.55. The van der Waals surface area contributed by atoms with Crippen LogP contribution in [-0.2, 0) is 25.5 Å². The molecule has 2 atom stereocenters. The van der Waals surface area contributed by atoms with Crippen LogP contribution >= 0.6 is 0 Å². The van der Waals surface area contributed by atoms with Gasteiger partial charge in [0.15, 0.2) is 11.6 Å². The van der Waals surface area contributed by atoms with E-state index in [4.69, 9.17) is 13.7 Å². The van der Waals surface area contributed by atoms with Crippen molar-refractivity contribution in [1.82, 2.24) is 0 Å². The van der Waals surface area contributed by atoms with E-state index in [2.05, 4.69) is 0 Å². The van der Waals surface area contributed by atoms with Crippen molar-refractivity contribution in [2.24, 2.45) is 0 Å². The highest BCUT2D eigenvalue weighted by Gasteiger charge is 2.43. The van der Waals surface area contributed by atoms with Crippen LogP contribution in [-0.4, -0.2) is 46.1 Å². The molecule has 2 aliphatic carbocycles. The number of hydrogen-bond acceptors (Lipinski definition) is 7. The fourth-order valence-electron chi connectivity index (χ4n) is 4.10. The second-order valence-corrected chi connectivity index (χ2v) is 8.65. The third-order valence-corrected chi connectivity index (χ3v) is 5.81. The standard InChI is InChI=1S/C21H20O7S/c1-4-27-21-16(28-29(3,24)25)9-11-5-7-14-18(17(11)21)20(23)13-8-6-12(26-2)10-15(13)19(14)22/h5-8,10,16,21H,4,9H2,1-3H3. The largest absolute Gasteiger partial charge is 0.497 e. The molecule has 2 aromatic carbocycles. The maximum Gasteiger partial charge on any atom is 0.264 e. The summed E-state index contributed by atoms with van der Waals surface area (Å²) in [4.78, 5) is 26.5. The Balaban J connectivity index is 1.87. The zero-order valence-electron chi connectivity index (χ0n) is 16.2. The lowest BCUT2D eigenvalue weighted by molar-refractivity contribution is -0.00892. The Morgan fingerprint density at radius 1 is 1.03 bits per heavy atom. The van der Waals surface area contributed by atoms with Crippen LogP contribution < -0.4 is 4.74 Å². The van der Waals surface area contributed by atoms with E-state index in [0.717, 1.165) is 11.8 Å². The molecule has 0 amide bonds. The van der Waals surface area contributed by atoms with Crippen LogP contribution in [0.1, 0.15) is 56.0 Å². The van der Waals surface area contributed by atoms with Crippen LogP contribution in [0.4, 0.5) is 0 Å². The number of hydrogen-bond donors (Lipinski definition) is 0. The van der Waals surface area contributed by atoms with Gasteiger partial charge in [0.1, 0.15) is 18.0 Å². The molecule has 8 heteroatoms. The summed E-state index contributed by atoms with van der Waals surface area (Å²) in [6.45, 7) is 2.08. The molecular weight excluding hydrogens is 396 g/mol. The fraction of sp³-hybridized carbons (Fsp3) is 0.333. The zero-order chi connectivity index (χ0) is 20.9. The molecule has 0 N–H and O–H groups in total. The van der Waals surface area contributed by atoms with Crippen molar-refractivity contribution >= 4 is 21.7 Å². The lowest BCUT2D eigenvalue weighted by Crippen LogP contribution is -2.27. The second kappa shape index (κ2) is 7.05. The number of fused-ring (bicyclic) bond motifs is 4. The van der Waals surface area contributed by atoms with Crippen molar-refractivity contribution < 1.29 is 31.7 Å². The lowest BCUT2D eigenvalue weighted by Gasteiger charge is -2.24. The lowest BCUT2D eigenvalue weighted by atomic mass is 9.80. The number of ether oxygens (including phenoxy) is 2. The number of methoxy groups -OCH3 is 1. The van der Waals surface area contributed by atoms with E-state index >= 15 is 0 Å². The van der Waals surface area contributed by atoms with Crippen LogP contribution in [0.2, 0.25) is 0 Å². The molecule has 152 valence electrons. The molecule has 0 heterocycles. The molecule has 0 saturated carbocycles. The summed E-state index contributed by atoms with van der Waals surface area (Å²) in [5.41, 5.74) is 2.41. The first-order chi connectivity index (χ1) is 13.7. The van der Waals surface area contributed by atoms with Crippen LogP contribution in [0.25, 0.3) is 0 Å². The summed E-state index contributed by atoms with van der Waals surface area (Å²) in [7, 11) is -2.23. The van der Waals surface area contributed by atoms with Crippen molar-refractivity contribution in [2.45, 2.75) is 25.6 Å². The molecule has 4 rings (SSSR count). The van der Waals surface area contributed by atoms with Gasteiger partial charge in [0.05, 0.1) is 13.4 Å². The van der Waals surface area contributed by atoms with E-state index in [0.29, 0.717) is 23.5 Å². The quantitative estimate of drug-likeness (QED) is 0.590. The molecule has 0 spiro atoms. The average Bonchev–Trinajstić information content (AvgIpc) is 3.01. The first-order valence-corrected chi connectivity index (χ1v) is 11.0. The number of benzene rings is 2. The van der Waals surface area contributed by atoms with Crippen molar-refractivity contribution in [3.63, 3.8) is 0 Å². The highest BCUT2D eigenvalue weighted by atomic mass is 32.2. The highest BCUT2D eigenvalue weighted by molar-refractivity contribution is 7.86. The molecule has 0 aliphatic heterocycles. The molecule has 0 radical (unpaired) electrons. The SMILES string of the molecule is CCOC1c2c(ccc3c2C(=O)c2ccc(OC)cc2C3=O)CC1OS(C)(=O)=O. The third-order valence-electron chi connectivity index (χ3n) is 5.21. The molecule has 2 unspecified atom stereocenters. The minimum absolute atomic E-state index is 0.267. The van der Waals surface area contributed by atoms with Crippen molar-refractivity contribution in [3.05, 3.63) is 63.7 Å². The molecule has 0 fully saturated rings. The summed E-state index contributed by atoms with van der Waals surface area (Å²) >= 11 is 0. The van der Waals surface area contributed by atoms with Crippen LogP contribution in [0.15, 0.2) is 30.3 Å². The van der Waals surface area contributed by atoms with E-state index < -0.39 is 22.3 Å². The van der Waals surface area contributed by atoms with Crippen LogP contribution in [0.5, 0.6) is 5.75 Å². The molecule has 0 bridgehead atoms. The Labute approximate surface area is 168 Å². The second-order valence-electron chi connectivity index (χ2n) is 7.05. The maximum atomic E-state index is 13.3. The first kappa shape index (κ1) is 19.8. The summed E-state index contributed by atoms with van der Waals surface area (Å²) in [6, 6.07) is 8.12. The molecule has 7 nitrogen and oxygen atoms in total. The molecule has 2 aliphatic rings. The molecule has 2 aromatic rings. The van der Waals surface area contributed by atoms with Crippen molar-refractivity contribution in [2.75, 3.05) is 20.0 Å². The Morgan fingerprint density at radius 3 is 2.41 bits per heavy atom. The molecular formula is C21H20O7S. The number of carbonyl (C=O) groups excluding carboxylic acids is 2. The normalized spacial score (nSPS) is 20.2. The minimum Gasteiger partial charge on any atom is -0.497 e. The minimum atomic E-state index is -3.72. The summed E-state index contributed by atoms with van der Waals surface area (Å²) in [5.74, 6) is -0.0823. The third kappa shape index (κ3) is 3.27. The van der Waals surface area contributed by atoms with Gasteiger partial charge in [-0.25, -0.2) is 0 Å². The molecule has 29 heavy (non-hydrogen) atoms. The number of rotatable bonds is 5. The van der Waals surface area contributed by atoms with E-state index in [1.165, 1.54) is 7.11 Å². The van der Waals surface area contributed by atoms with Crippen LogP contribution in [0, 0.1) is 0 Å². The Kier molecular flexibility index (Phi) is 4.80. The Bertz CT molecular complexity index is 1130. The predicted molar refractivity (Wildman–Crippen MR) is 104 cm³/mol. The maximum absolute atomic E-state index is 13.3. The zero-order valence-corrected chi connectivity index (χ0v) is 17.0. The average molecular weight is 416 g/mol. The fourth-order valence-corrected chi connectivity index (χ4v) is 4.72. The van der Waals surface area contributed by atoms with Crippen molar-refractivity contribution in [1.29, 1.82) is 0 Å². The van der Waals surface area contributed by atoms with Gasteiger partial charge in [0.2, 0.25) is 0 Å². The monoisotopic (exact) mass is 416 g/mol. The van der Waals surface area contributed by atoms with E-state index in [1.807, 2.05) is 0 Å². The number of ketones is 2. The molecule has 0 aromatic heterocycles. The summed E-state index contributed by atoms with van der Waals surface area (Å²) in [6.07, 6.45) is -0.285. The summed E-state index contributed by atoms with van der Waals surface area (Å²) in [5, 5.41) is 0. The van der Waals surface area contributed by atoms with Gasteiger partial charge in [0.25, 0.3) is 10.1 Å². The van der Waals surface area contributed by atoms with Gasteiger partial charge >= 0.3 is 0 Å². The summed E-state index contributed by atoms with van der Waals surface area (Å²) < 4.78 is 39.6. The molecule has 0 saturated heterocycles. The first-order valence-electron chi connectivity index (χ1n) is 9.18. The van der Waals surface area contributed by atoms with Gasteiger partial charge in [-0.2, -0.15) is 8.42 Å². The number of carbonyl (C=O) groups is 2. The topological polar surface area (TPSA) is 96.0 Å². The van der Waals surface area contributed by atoms with Crippen molar-refractivity contribution in [3.8, 4) is 5.75 Å². The van der Waals surface area contributed by atoms with Gasteiger partial charge in [-0.3, -0.25) is 13.8 Å². The smallest absolute Gasteiger partial charge is 0.264 e. The van der Waals surface area contributed by atoms with Crippen LogP contribution in [0.3, 0.4) is 0 Å². The Morgan fingerprint density at radius 2 is 1.76 bits per heavy atom. The van der Waals surface area contributed by atoms with E-state index in [-0.39, 0.29) is 34.7 Å². The van der Waals surface area contributed by atoms with E-state index in [1.54, 1.807) is 37.3 Å². The highest BCUT2D eigenvalue weighted by Crippen LogP contribution is 2.43. The van der Waals surface area contributed by atoms with Gasteiger partial charge < -0.3 is 9.47 Å². The van der Waals surface area contributed by atoms with Gasteiger partial charge in [-0.1, -0.05) is 6.07 Å². The predicted octanol–water partition coefficient (Wildman–Crippen LogP) is 2.45. The van der Waals surface area contributed by atoms with Gasteiger partial charge in [0, 0.05) is 35.3 Å². The van der Waals surface area contributed by atoms with E-state index in [9.17, 15) is 18.0 Å².